The molecular formula is C46H26N4. The number of hydrogen-bond acceptors (Lipinski definition) is 2. The molecule has 12 rings (SSSR count). The lowest BCUT2D eigenvalue weighted by Gasteiger charge is -2.14. The fourth-order valence-electron chi connectivity index (χ4n) is 8.82. The molecule has 0 radical (unpaired) electrons. The molecule has 4 heteroatoms. The summed E-state index contributed by atoms with van der Waals surface area (Å²) in [5, 5.41) is 13.8. The van der Waals surface area contributed by atoms with Crippen molar-refractivity contribution in [3.05, 3.63) is 158 Å². The van der Waals surface area contributed by atoms with E-state index >= 15 is 0 Å². The van der Waals surface area contributed by atoms with Gasteiger partial charge in [0.25, 0.3) is 0 Å². The van der Waals surface area contributed by atoms with Crippen LogP contribution in [0.2, 0.25) is 0 Å². The highest BCUT2D eigenvalue weighted by atomic mass is 15.2. The summed E-state index contributed by atoms with van der Waals surface area (Å²) < 4.78 is 4.75. The number of nitrogens with zero attached hydrogens (tertiary/aromatic N) is 4. The minimum absolute atomic E-state index is 0.674. The molecule has 0 aliphatic carbocycles. The summed E-state index contributed by atoms with van der Waals surface area (Å²) in [7, 11) is 0. The van der Waals surface area contributed by atoms with Crippen LogP contribution in [0.3, 0.4) is 0 Å². The number of aromatic nitrogens is 4. The molecular weight excluding hydrogens is 609 g/mol. The summed E-state index contributed by atoms with van der Waals surface area (Å²) >= 11 is 0. The Morgan fingerprint density at radius 3 is 1.88 bits per heavy atom. The van der Waals surface area contributed by atoms with Crippen LogP contribution in [-0.2, 0) is 0 Å². The number of rotatable bonds is 3. The molecule has 0 aliphatic heterocycles. The third kappa shape index (κ3) is 3.25. The molecule has 0 bridgehead atoms. The topological polar surface area (TPSA) is 35.6 Å². The normalized spacial score (nSPS) is 12.4. The van der Waals surface area contributed by atoms with Gasteiger partial charge in [-0.1, -0.05) is 121 Å². The van der Waals surface area contributed by atoms with Crippen LogP contribution < -0.4 is 0 Å². The highest BCUT2D eigenvalue weighted by Crippen LogP contribution is 2.51. The van der Waals surface area contributed by atoms with Crippen molar-refractivity contribution < 1.29 is 0 Å². The zero-order chi connectivity index (χ0) is 32.5. The number of hydrogen-bond donors (Lipinski definition) is 0. The standard InChI is InChI=1S/C46H26N4/c1-3-12-29(13-4-1)45-31-17-7-9-20-34(31)47-46(48-45)50-36-25-24-28-23-22-27-14-11-19-33-39(27)40(28)43(36)44-38(50)26-37-41(42(33)44)32-18-8-10-21-35(32)49(37)30-15-5-2-6-16-30/h1-26H. The Labute approximate surface area is 285 Å². The summed E-state index contributed by atoms with van der Waals surface area (Å²) in [5.74, 6) is 0.674. The van der Waals surface area contributed by atoms with Gasteiger partial charge in [-0.15, -0.1) is 0 Å². The van der Waals surface area contributed by atoms with Crippen LogP contribution in [0, 0.1) is 0 Å². The summed E-state index contributed by atoms with van der Waals surface area (Å²) in [6.45, 7) is 0. The zero-order valence-electron chi connectivity index (χ0n) is 26.8. The molecule has 3 heterocycles. The molecule has 0 atom stereocenters. The van der Waals surface area contributed by atoms with E-state index in [0.717, 1.165) is 38.9 Å². The van der Waals surface area contributed by atoms with Crippen LogP contribution in [0.1, 0.15) is 0 Å². The summed E-state index contributed by atoms with van der Waals surface area (Å²) in [5.41, 5.74) is 8.65. The first-order chi connectivity index (χ1) is 24.8. The molecule has 4 nitrogen and oxygen atoms in total. The largest absolute Gasteiger partial charge is 0.309 e. The van der Waals surface area contributed by atoms with Crippen LogP contribution in [0.15, 0.2) is 158 Å². The number of fused-ring (bicyclic) bond motifs is 6. The molecule has 0 fully saturated rings. The first-order valence-corrected chi connectivity index (χ1v) is 17.1. The van der Waals surface area contributed by atoms with E-state index in [2.05, 4.69) is 167 Å². The van der Waals surface area contributed by atoms with Crippen molar-refractivity contribution in [3.63, 3.8) is 0 Å². The Bertz CT molecular complexity index is 3300. The quantitative estimate of drug-likeness (QED) is 0.143. The van der Waals surface area contributed by atoms with Gasteiger partial charge in [0.2, 0.25) is 5.95 Å². The molecule has 0 saturated carbocycles. The first kappa shape index (κ1) is 26.2. The molecule has 9 aromatic carbocycles. The lowest BCUT2D eigenvalue weighted by Crippen LogP contribution is -2.03. The van der Waals surface area contributed by atoms with Crippen LogP contribution in [0.5, 0.6) is 0 Å². The van der Waals surface area contributed by atoms with E-state index in [0.29, 0.717) is 5.95 Å². The highest BCUT2D eigenvalue weighted by Gasteiger charge is 2.27. The van der Waals surface area contributed by atoms with Gasteiger partial charge in [0.15, 0.2) is 0 Å². The molecule has 0 spiro atoms. The lowest BCUT2D eigenvalue weighted by atomic mass is 9.88. The smallest absolute Gasteiger partial charge is 0.235 e. The zero-order valence-corrected chi connectivity index (χ0v) is 26.8. The molecule has 0 aliphatic rings. The predicted molar refractivity (Wildman–Crippen MR) is 209 cm³/mol. The second-order valence-corrected chi connectivity index (χ2v) is 13.3. The Kier molecular flexibility index (Phi) is 4.94. The summed E-state index contributed by atoms with van der Waals surface area (Å²) in [4.78, 5) is 10.8. The Morgan fingerprint density at radius 2 is 1.02 bits per heavy atom. The van der Waals surface area contributed by atoms with E-state index in [4.69, 9.17) is 9.97 Å². The average molecular weight is 635 g/mol. The van der Waals surface area contributed by atoms with Gasteiger partial charge in [-0.05, 0) is 57.9 Å². The third-order valence-corrected chi connectivity index (χ3v) is 10.8. The van der Waals surface area contributed by atoms with Gasteiger partial charge in [0.1, 0.15) is 0 Å². The van der Waals surface area contributed by atoms with Crippen molar-refractivity contribution in [2.45, 2.75) is 0 Å². The maximum absolute atomic E-state index is 5.43. The molecule has 0 saturated heterocycles. The van der Waals surface area contributed by atoms with Crippen LogP contribution in [0.25, 0.3) is 110 Å². The summed E-state index contributed by atoms with van der Waals surface area (Å²) in [6.07, 6.45) is 0. The maximum Gasteiger partial charge on any atom is 0.235 e. The molecule has 12 aromatic rings. The fourth-order valence-corrected chi connectivity index (χ4v) is 8.82. The van der Waals surface area contributed by atoms with Crippen molar-refractivity contribution in [1.29, 1.82) is 0 Å². The minimum Gasteiger partial charge on any atom is -0.309 e. The minimum atomic E-state index is 0.674. The Balaban J connectivity index is 1.37. The van der Waals surface area contributed by atoms with E-state index in [1.165, 1.54) is 64.9 Å². The van der Waals surface area contributed by atoms with Crippen molar-refractivity contribution >= 4 is 86.8 Å². The maximum atomic E-state index is 5.43. The van der Waals surface area contributed by atoms with Crippen molar-refractivity contribution in [3.8, 4) is 22.9 Å². The SMILES string of the molecule is c1ccc(-c2nc(-n3c4ccc5ccc6cccc7c6c5c4c4c7c5c6ccccc6n(-c6ccccc6)c5cc43)nc3ccccc23)cc1. The molecule has 0 unspecified atom stereocenters. The van der Waals surface area contributed by atoms with Gasteiger partial charge in [0, 0.05) is 49.0 Å². The second kappa shape index (κ2) is 9.43. The van der Waals surface area contributed by atoms with E-state index in [1.54, 1.807) is 0 Å². The number of benzene rings is 9. The van der Waals surface area contributed by atoms with Gasteiger partial charge in [-0.25, -0.2) is 9.97 Å². The second-order valence-electron chi connectivity index (χ2n) is 13.3. The van der Waals surface area contributed by atoms with E-state index < -0.39 is 0 Å². The van der Waals surface area contributed by atoms with Crippen molar-refractivity contribution in [2.75, 3.05) is 0 Å². The molecule has 230 valence electrons. The van der Waals surface area contributed by atoms with E-state index in [1.807, 2.05) is 0 Å². The van der Waals surface area contributed by atoms with Crippen LogP contribution in [0.4, 0.5) is 0 Å². The van der Waals surface area contributed by atoms with Gasteiger partial charge in [-0.2, -0.15) is 0 Å². The van der Waals surface area contributed by atoms with Gasteiger partial charge in [0.05, 0.1) is 33.3 Å². The van der Waals surface area contributed by atoms with Gasteiger partial charge in [-0.3, -0.25) is 4.57 Å². The highest BCUT2D eigenvalue weighted by molar-refractivity contribution is 6.45. The first-order valence-electron chi connectivity index (χ1n) is 17.1. The monoisotopic (exact) mass is 634 g/mol. The third-order valence-electron chi connectivity index (χ3n) is 10.8. The van der Waals surface area contributed by atoms with Gasteiger partial charge >= 0.3 is 0 Å². The van der Waals surface area contributed by atoms with E-state index in [-0.39, 0.29) is 0 Å². The van der Waals surface area contributed by atoms with Crippen molar-refractivity contribution in [2.24, 2.45) is 0 Å². The van der Waals surface area contributed by atoms with Crippen LogP contribution in [-0.4, -0.2) is 19.1 Å². The summed E-state index contributed by atoms with van der Waals surface area (Å²) in [6, 6.07) is 56.7. The Morgan fingerprint density at radius 1 is 0.360 bits per heavy atom. The lowest BCUT2D eigenvalue weighted by molar-refractivity contribution is 1.01. The molecule has 0 amide bonds. The number of para-hydroxylation sites is 3. The van der Waals surface area contributed by atoms with Crippen LogP contribution >= 0.6 is 0 Å². The molecule has 50 heavy (non-hydrogen) atoms. The molecule has 0 N–H and O–H groups in total. The van der Waals surface area contributed by atoms with Crippen molar-refractivity contribution in [1.82, 2.24) is 19.1 Å². The van der Waals surface area contributed by atoms with Gasteiger partial charge < -0.3 is 4.57 Å². The Hall–Kier alpha value is -6.78. The molecule has 3 aromatic heterocycles. The predicted octanol–water partition coefficient (Wildman–Crippen LogP) is 11.8. The fraction of sp³-hybridized carbons (Fsp3) is 0. The van der Waals surface area contributed by atoms with E-state index in [9.17, 15) is 0 Å². The average Bonchev–Trinajstić information content (AvgIpc) is 3.70.